The molecule has 1 aliphatic heterocycles. The van der Waals surface area contributed by atoms with Crippen LogP contribution in [-0.4, -0.2) is 11.9 Å². The predicted molar refractivity (Wildman–Crippen MR) is 86.8 cm³/mol. The number of rotatable bonds is 4. The Labute approximate surface area is 135 Å². The fraction of sp³-hybridized carbons (Fsp3) is 0.278. The quantitative estimate of drug-likeness (QED) is 0.812. The van der Waals surface area contributed by atoms with Gasteiger partial charge in [-0.1, -0.05) is 36.4 Å². The normalized spacial score (nSPS) is 20.4. The molecule has 3 N–H and O–H groups in total. The molecule has 2 atom stereocenters. The topological polar surface area (TPSA) is 53.2 Å². The molecule has 2 unspecified atom stereocenters. The van der Waals surface area contributed by atoms with E-state index in [4.69, 9.17) is 0 Å². The van der Waals surface area contributed by atoms with Crippen molar-refractivity contribution in [1.29, 1.82) is 0 Å². The number of amides is 1. The molecule has 4 nitrogen and oxygen atoms in total. The highest BCUT2D eigenvalue weighted by atomic mass is 19.1. The van der Waals surface area contributed by atoms with E-state index < -0.39 is 0 Å². The van der Waals surface area contributed by atoms with Crippen molar-refractivity contribution >= 4 is 5.91 Å². The van der Waals surface area contributed by atoms with Gasteiger partial charge in [-0.05, 0) is 42.2 Å². The highest BCUT2D eigenvalue weighted by Crippen LogP contribution is 2.22. The van der Waals surface area contributed by atoms with Gasteiger partial charge in [0.15, 0.2) is 0 Å². The summed E-state index contributed by atoms with van der Waals surface area (Å²) in [4.78, 5) is 12.3. The van der Waals surface area contributed by atoms with Crippen LogP contribution < -0.4 is 16.2 Å². The Bertz CT molecular complexity index is 687. The Kier molecular flexibility index (Phi) is 4.69. The molecule has 0 aliphatic carbocycles. The molecule has 0 bridgehead atoms. The standard InChI is InChI=1S/C18H20FN3O/c1-12-4-2-3-5-14(12)11-20-18(23)17-10-16(21-22-17)13-6-8-15(19)9-7-13/h2-9,16-17,21-22H,10-11H2,1H3,(H,20,23). The van der Waals surface area contributed by atoms with Crippen LogP contribution in [-0.2, 0) is 11.3 Å². The predicted octanol–water partition coefficient (Wildman–Crippen LogP) is 2.36. The molecule has 0 saturated carbocycles. The molecule has 23 heavy (non-hydrogen) atoms. The van der Waals surface area contributed by atoms with E-state index in [0.29, 0.717) is 13.0 Å². The highest BCUT2D eigenvalue weighted by Gasteiger charge is 2.29. The highest BCUT2D eigenvalue weighted by molar-refractivity contribution is 5.82. The summed E-state index contributed by atoms with van der Waals surface area (Å²) in [6, 6.07) is 14.0. The number of hydrazine groups is 1. The molecule has 1 aliphatic rings. The van der Waals surface area contributed by atoms with Crippen LogP contribution in [0.5, 0.6) is 0 Å². The summed E-state index contributed by atoms with van der Waals surface area (Å²) in [5.41, 5.74) is 9.35. The van der Waals surface area contributed by atoms with Gasteiger partial charge in [0.25, 0.3) is 0 Å². The van der Waals surface area contributed by atoms with Crippen LogP contribution in [0.25, 0.3) is 0 Å². The molecule has 0 aromatic heterocycles. The molecule has 1 amide bonds. The van der Waals surface area contributed by atoms with E-state index in [1.807, 2.05) is 31.2 Å². The Hall–Kier alpha value is -2.24. The summed E-state index contributed by atoms with van der Waals surface area (Å²) in [7, 11) is 0. The van der Waals surface area contributed by atoms with E-state index in [-0.39, 0.29) is 23.8 Å². The lowest BCUT2D eigenvalue weighted by Crippen LogP contribution is -2.42. The number of halogens is 1. The van der Waals surface area contributed by atoms with Crippen LogP contribution in [0.4, 0.5) is 4.39 Å². The van der Waals surface area contributed by atoms with Gasteiger partial charge in [-0.15, -0.1) is 0 Å². The lowest BCUT2D eigenvalue weighted by molar-refractivity contribution is -0.123. The van der Waals surface area contributed by atoms with Gasteiger partial charge < -0.3 is 5.32 Å². The van der Waals surface area contributed by atoms with E-state index in [0.717, 1.165) is 16.7 Å². The van der Waals surface area contributed by atoms with Gasteiger partial charge >= 0.3 is 0 Å². The number of benzene rings is 2. The Balaban J connectivity index is 1.55. The smallest absolute Gasteiger partial charge is 0.238 e. The second kappa shape index (κ2) is 6.89. The van der Waals surface area contributed by atoms with Crippen molar-refractivity contribution in [1.82, 2.24) is 16.2 Å². The third kappa shape index (κ3) is 3.75. The van der Waals surface area contributed by atoms with Crippen molar-refractivity contribution in [3.8, 4) is 0 Å². The van der Waals surface area contributed by atoms with Crippen molar-refractivity contribution in [3.63, 3.8) is 0 Å². The Morgan fingerprint density at radius 3 is 2.65 bits per heavy atom. The summed E-state index contributed by atoms with van der Waals surface area (Å²) in [5.74, 6) is -0.294. The minimum absolute atomic E-state index is 0.00445. The maximum Gasteiger partial charge on any atom is 0.238 e. The van der Waals surface area contributed by atoms with Gasteiger partial charge in [0.05, 0.1) is 0 Å². The van der Waals surface area contributed by atoms with E-state index in [2.05, 4.69) is 16.2 Å². The van der Waals surface area contributed by atoms with E-state index in [9.17, 15) is 9.18 Å². The largest absolute Gasteiger partial charge is 0.351 e. The number of carbonyl (C=O) groups excluding carboxylic acids is 1. The molecule has 3 rings (SSSR count). The third-order valence-corrected chi connectivity index (χ3v) is 4.21. The number of hydrogen-bond acceptors (Lipinski definition) is 3. The number of carbonyl (C=O) groups is 1. The van der Waals surface area contributed by atoms with Crippen LogP contribution in [0.3, 0.4) is 0 Å². The zero-order chi connectivity index (χ0) is 16.2. The average molecular weight is 313 g/mol. The van der Waals surface area contributed by atoms with Crippen molar-refractivity contribution in [3.05, 3.63) is 71.0 Å². The van der Waals surface area contributed by atoms with Crippen molar-refractivity contribution in [2.24, 2.45) is 0 Å². The van der Waals surface area contributed by atoms with Gasteiger partial charge in [-0.2, -0.15) is 0 Å². The minimum Gasteiger partial charge on any atom is -0.351 e. The third-order valence-electron chi connectivity index (χ3n) is 4.21. The molecular formula is C18H20FN3O. The number of hydrogen-bond donors (Lipinski definition) is 3. The first kappa shape index (κ1) is 15.6. The van der Waals surface area contributed by atoms with Crippen LogP contribution >= 0.6 is 0 Å². The van der Waals surface area contributed by atoms with Crippen molar-refractivity contribution in [2.45, 2.75) is 32.0 Å². The van der Waals surface area contributed by atoms with Gasteiger partial charge in [0, 0.05) is 12.6 Å². The summed E-state index contributed by atoms with van der Waals surface area (Å²) < 4.78 is 13.0. The van der Waals surface area contributed by atoms with Crippen LogP contribution in [0.2, 0.25) is 0 Å². The zero-order valence-corrected chi connectivity index (χ0v) is 13.0. The van der Waals surface area contributed by atoms with E-state index >= 15 is 0 Å². The van der Waals surface area contributed by atoms with Gasteiger partial charge in [0.2, 0.25) is 5.91 Å². The number of nitrogens with one attached hydrogen (secondary N) is 3. The Morgan fingerprint density at radius 2 is 1.91 bits per heavy atom. The molecule has 2 aromatic carbocycles. The second-order valence-electron chi connectivity index (χ2n) is 5.83. The minimum atomic E-state index is -0.297. The van der Waals surface area contributed by atoms with Crippen LogP contribution in [0.1, 0.15) is 29.2 Å². The maximum atomic E-state index is 13.0. The molecule has 1 heterocycles. The van der Waals surface area contributed by atoms with E-state index in [1.165, 1.54) is 12.1 Å². The van der Waals surface area contributed by atoms with Gasteiger partial charge in [-0.3, -0.25) is 4.79 Å². The molecule has 0 radical (unpaired) electrons. The lowest BCUT2D eigenvalue weighted by Gasteiger charge is -2.12. The Morgan fingerprint density at radius 1 is 1.17 bits per heavy atom. The summed E-state index contributed by atoms with van der Waals surface area (Å²) in [6.45, 7) is 2.55. The van der Waals surface area contributed by atoms with Gasteiger partial charge in [-0.25, -0.2) is 15.2 Å². The fourth-order valence-corrected chi connectivity index (χ4v) is 2.76. The molecule has 1 saturated heterocycles. The number of aryl methyl sites for hydroxylation is 1. The molecular weight excluding hydrogens is 293 g/mol. The molecule has 120 valence electrons. The molecule has 5 heteroatoms. The van der Waals surface area contributed by atoms with Crippen molar-refractivity contribution < 1.29 is 9.18 Å². The molecule has 0 spiro atoms. The summed E-state index contributed by atoms with van der Waals surface area (Å²) in [6.07, 6.45) is 0.630. The van der Waals surface area contributed by atoms with Crippen molar-refractivity contribution in [2.75, 3.05) is 0 Å². The molecule has 2 aromatic rings. The first-order valence-electron chi connectivity index (χ1n) is 7.72. The van der Waals surface area contributed by atoms with E-state index in [1.54, 1.807) is 12.1 Å². The summed E-state index contributed by atoms with van der Waals surface area (Å²) in [5, 5.41) is 2.96. The maximum absolute atomic E-state index is 13.0. The van der Waals surface area contributed by atoms with Crippen LogP contribution in [0, 0.1) is 12.7 Å². The average Bonchev–Trinajstić information content (AvgIpc) is 3.04. The zero-order valence-electron chi connectivity index (χ0n) is 13.0. The summed E-state index contributed by atoms with van der Waals surface area (Å²) >= 11 is 0. The van der Waals surface area contributed by atoms with Crippen LogP contribution in [0.15, 0.2) is 48.5 Å². The van der Waals surface area contributed by atoms with Gasteiger partial charge in [0.1, 0.15) is 11.9 Å². The lowest BCUT2D eigenvalue weighted by atomic mass is 10.0. The SMILES string of the molecule is Cc1ccccc1CNC(=O)C1CC(c2ccc(F)cc2)NN1. The monoisotopic (exact) mass is 313 g/mol. The first-order chi connectivity index (χ1) is 11.1. The fourth-order valence-electron chi connectivity index (χ4n) is 2.76. The molecule has 1 fully saturated rings. The first-order valence-corrected chi connectivity index (χ1v) is 7.72. The second-order valence-corrected chi connectivity index (χ2v) is 5.83.